The van der Waals surface area contributed by atoms with Crippen LogP contribution >= 0.6 is 0 Å². The molecule has 2 unspecified atom stereocenters. The van der Waals surface area contributed by atoms with Crippen molar-refractivity contribution in [2.75, 3.05) is 46.3 Å². The fraction of sp³-hybridized carbons (Fsp3) is 0.846. The molecule has 0 aromatic carbocycles. The molecule has 0 saturated carbocycles. The van der Waals surface area contributed by atoms with Crippen LogP contribution in [0.3, 0.4) is 0 Å². The second-order valence-electron chi connectivity index (χ2n) is 9.62. The summed E-state index contributed by atoms with van der Waals surface area (Å²) in [6, 6.07) is 0. The first kappa shape index (κ1) is 33.6. The van der Waals surface area contributed by atoms with Gasteiger partial charge < -0.3 is 32.7 Å². The predicted octanol–water partition coefficient (Wildman–Crippen LogP) is 2.97. The zero-order valence-electron chi connectivity index (χ0n) is 23.8. The fourth-order valence-corrected chi connectivity index (χ4v) is 3.90. The molecule has 0 radical (unpaired) electrons. The molecule has 1 fully saturated rings. The van der Waals surface area contributed by atoms with Crippen LogP contribution in [0.2, 0.25) is 0 Å². The van der Waals surface area contributed by atoms with E-state index in [4.69, 9.17) is 22.9 Å². The van der Waals surface area contributed by atoms with E-state index in [-0.39, 0.29) is 5.96 Å². The maximum absolute atomic E-state index is 6.08. The molecule has 0 aromatic rings. The van der Waals surface area contributed by atoms with Gasteiger partial charge in [0.2, 0.25) is 11.9 Å². The SMILES string of the molecule is CCCCC(CC)CN=C(N)/N=C(/N)N1CCCN(C)CC1.CCCCC(CC)CN=C(N)/N=C/N. The number of likely N-dealkylation sites (N-methyl/N-ethyl adjacent to an activating group) is 1. The van der Waals surface area contributed by atoms with Gasteiger partial charge in [-0.1, -0.05) is 66.2 Å². The first-order valence-corrected chi connectivity index (χ1v) is 13.9. The molecule has 8 N–H and O–H groups in total. The Kier molecular flexibility index (Phi) is 20.5. The van der Waals surface area contributed by atoms with Crippen molar-refractivity contribution in [3.05, 3.63) is 0 Å². The Morgan fingerprint density at radius 3 is 1.86 bits per heavy atom. The van der Waals surface area contributed by atoms with Gasteiger partial charge in [-0.3, -0.25) is 9.98 Å². The summed E-state index contributed by atoms with van der Waals surface area (Å²) in [5.41, 5.74) is 22.6. The summed E-state index contributed by atoms with van der Waals surface area (Å²) in [4.78, 5) is 20.9. The van der Waals surface area contributed by atoms with Crippen molar-refractivity contribution < 1.29 is 0 Å². The minimum absolute atomic E-state index is 0.280. The van der Waals surface area contributed by atoms with Gasteiger partial charge in [-0.15, -0.1) is 0 Å². The van der Waals surface area contributed by atoms with E-state index in [9.17, 15) is 0 Å². The van der Waals surface area contributed by atoms with Crippen LogP contribution in [-0.4, -0.2) is 80.3 Å². The van der Waals surface area contributed by atoms with Crippen LogP contribution in [0, 0.1) is 11.8 Å². The number of rotatable bonds is 12. The molecule has 1 rings (SSSR count). The van der Waals surface area contributed by atoms with Gasteiger partial charge in [0, 0.05) is 32.7 Å². The third-order valence-corrected chi connectivity index (χ3v) is 6.59. The van der Waals surface area contributed by atoms with Crippen LogP contribution in [0.25, 0.3) is 0 Å². The van der Waals surface area contributed by atoms with E-state index in [0.29, 0.717) is 23.8 Å². The Bertz CT molecular complexity index is 659. The largest absolute Gasteiger partial charge is 0.390 e. The molecule has 2 atom stereocenters. The van der Waals surface area contributed by atoms with Crippen LogP contribution in [0.4, 0.5) is 0 Å². The molecule has 0 bridgehead atoms. The molecule has 210 valence electrons. The molecule has 10 heteroatoms. The second-order valence-corrected chi connectivity index (χ2v) is 9.62. The van der Waals surface area contributed by atoms with Crippen molar-refractivity contribution in [1.82, 2.24) is 9.80 Å². The van der Waals surface area contributed by atoms with Gasteiger partial charge in [0.1, 0.15) is 0 Å². The van der Waals surface area contributed by atoms with Gasteiger partial charge in [0.25, 0.3) is 0 Å². The quantitative estimate of drug-likeness (QED) is 0.234. The maximum Gasteiger partial charge on any atom is 0.218 e. The zero-order chi connectivity index (χ0) is 27.2. The lowest BCUT2D eigenvalue weighted by molar-refractivity contribution is 0.345. The molecule has 0 aliphatic carbocycles. The Balaban J connectivity index is 0.000000757. The first-order chi connectivity index (χ1) is 17.3. The summed E-state index contributed by atoms with van der Waals surface area (Å²) >= 11 is 0. The van der Waals surface area contributed by atoms with Crippen molar-refractivity contribution in [2.45, 2.75) is 85.5 Å². The van der Waals surface area contributed by atoms with Gasteiger partial charge in [-0.2, -0.15) is 4.99 Å². The molecule has 36 heavy (non-hydrogen) atoms. The Labute approximate surface area is 220 Å². The highest BCUT2D eigenvalue weighted by molar-refractivity contribution is 5.93. The van der Waals surface area contributed by atoms with Crippen LogP contribution < -0.4 is 22.9 Å². The maximum atomic E-state index is 6.08. The first-order valence-electron chi connectivity index (χ1n) is 13.9. The number of guanidine groups is 3. The molecule has 10 nitrogen and oxygen atoms in total. The second kappa shape index (κ2) is 21.9. The van der Waals surface area contributed by atoms with E-state index in [1.807, 2.05) is 0 Å². The third-order valence-electron chi connectivity index (χ3n) is 6.59. The molecule has 1 aliphatic heterocycles. The molecule has 1 heterocycles. The minimum Gasteiger partial charge on any atom is -0.390 e. The Hall–Kier alpha value is -2.36. The van der Waals surface area contributed by atoms with E-state index in [0.717, 1.165) is 58.5 Å². The smallest absolute Gasteiger partial charge is 0.218 e. The molecule has 0 aromatic heterocycles. The fourth-order valence-electron chi connectivity index (χ4n) is 3.90. The standard InChI is InChI=1S/C16H34N6.C10H22N4/c1-4-6-8-14(5-2)13-19-15(17)20-16(18)22-10-7-9-21(3)11-12-22;1-3-5-6-9(4-2)7-13-10(12)14-8-11/h14H,4-13H2,1-3H3,(H4,17,18,19,20);8-9H,3-7H2,1-2H3,(H4,11,12,13,14). The Morgan fingerprint density at radius 1 is 0.806 bits per heavy atom. The van der Waals surface area contributed by atoms with Crippen molar-refractivity contribution in [3.8, 4) is 0 Å². The summed E-state index contributed by atoms with van der Waals surface area (Å²) in [6.45, 7) is 14.2. The zero-order valence-corrected chi connectivity index (χ0v) is 23.8. The van der Waals surface area contributed by atoms with Crippen molar-refractivity contribution in [2.24, 2.45) is 54.7 Å². The minimum atomic E-state index is 0.280. The molecule has 0 spiro atoms. The van der Waals surface area contributed by atoms with Crippen LogP contribution in [0.1, 0.15) is 85.5 Å². The van der Waals surface area contributed by atoms with E-state index in [1.165, 1.54) is 44.9 Å². The number of hydrogen-bond donors (Lipinski definition) is 4. The third kappa shape index (κ3) is 17.1. The van der Waals surface area contributed by atoms with E-state index >= 15 is 0 Å². The lowest BCUT2D eigenvalue weighted by Crippen LogP contribution is -2.40. The number of hydrogen-bond acceptors (Lipinski definition) is 3. The lowest BCUT2D eigenvalue weighted by atomic mass is 10.00. The van der Waals surface area contributed by atoms with Crippen molar-refractivity contribution >= 4 is 24.2 Å². The van der Waals surface area contributed by atoms with E-state index in [2.05, 4.69) is 64.5 Å². The normalized spacial score (nSPS) is 18.0. The summed E-state index contributed by atoms with van der Waals surface area (Å²) in [7, 11) is 2.13. The van der Waals surface area contributed by atoms with Crippen LogP contribution in [-0.2, 0) is 0 Å². The average Bonchev–Trinajstić information content (AvgIpc) is 3.09. The van der Waals surface area contributed by atoms with E-state index < -0.39 is 0 Å². The van der Waals surface area contributed by atoms with Crippen LogP contribution in [0.5, 0.6) is 0 Å². The van der Waals surface area contributed by atoms with Crippen LogP contribution in [0.15, 0.2) is 20.0 Å². The highest BCUT2D eigenvalue weighted by Crippen LogP contribution is 2.13. The van der Waals surface area contributed by atoms with Gasteiger partial charge in [-0.25, -0.2) is 4.99 Å². The summed E-state index contributed by atoms with van der Waals surface area (Å²) in [5, 5.41) is 0. The van der Waals surface area contributed by atoms with Crippen molar-refractivity contribution in [3.63, 3.8) is 0 Å². The lowest BCUT2D eigenvalue weighted by Gasteiger charge is -2.21. The predicted molar refractivity (Wildman–Crippen MR) is 158 cm³/mol. The van der Waals surface area contributed by atoms with Gasteiger partial charge >= 0.3 is 0 Å². The van der Waals surface area contributed by atoms with Gasteiger partial charge in [0.15, 0.2) is 5.96 Å². The Morgan fingerprint density at radius 2 is 1.36 bits per heavy atom. The summed E-state index contributed by atoms with van der Waals surface area (Å²) < 4.78 is 0. The molecule has 0 amide bonds. The van der Waals surface area contributed by atoms with Crippen molar-refractivity contribution in [1.29, 1.82) is 0 Å². The monoisotopic (exact) mass is 508 g/mol. The van der Waals surface area contributed by atoms with E-state index in [1.54, 1.807) is 0 Å². The number of aliphatic imine (C=N–C) groups is 4. The summed E-state index contributed by atoms with van der Waals surface area (Å²) in [5.74, 6) is 2.31. The highest BCUT2D eigenvalue weighted by Gasteiger charge is 2.14. The number of nitrogens with two attached hydrogens (primary N) is 4. The molecular weight excluding hydrogens is 452 g/mol. The molecule has 1 saturated heterocycles. The summed E-state index contributed by atoms with van der Waals surface area (Å²) in [6.07, 6.45) is 11.9. The van der Waals surface area contributed by atoms with Gasteiger partial charge in [0.05, 0.1) is 6.34 Å². The topological polar surface area (TPSA) is 160 Å². The number of unbranched alkanes of at least 4 members (excludes halogenated alkanes) is 2. The average molecular weight is 509 g/mol. The number of nitrogens with zero attached hydrogens (tertiary/aromatic N) is 6. The molecular formula is C26H56N10. The van der Waals surface area contributed by atoms with Gasteiger partial charge in [-0.05, 0) is 44.7 Å². The highest BCUT2D eigenvalue weighted by atomic mass is 15.3. The molecule has 1 aliphatic rings.